The summed E-state index contributed by atoms with van der Waals surface area (Å²) >= 11 is 0. The van der Waals surface area contributed by atoms with Gasteiger partial charge in [-0.3, -0.25) is 4.79 Å². The highest BCUT2D eigenvalue weighted by Gasteiger charge is 2.29. The van der Waals surface area contributed by atoms with Crippen LogP contribution >= 0.6 is 0 Å². The maximum absolute atomic E-state index is 12.7. The third-order valence-electron chi connectivity index (χ3n) is 3.08. The summed E-state index contributed by atoms with van der Waals surface area (Å²) in [7, 11) is 1.70. The van der Waals surface area contributed by atoms with E-state index in [9.17, 15) is 9.18 Å². The van der Waals surface area contributed by atoms with Crippen LogP contribution in [0.1, 0.15) is 20.8 Å². The van der Waals surface area contributed by atoms with Crippen molar-refractivity contribution in [1.29, 1.82) is 0 Å². The highest BCUT2D eigenvalue weighted by Crippen LogP contribution is 2.18. The van der Waals surface area contributed by atoms with E-state index in [1.54, 1.807) is 24.1 Å². The second-order valence-electron chi connectivity index (χ2n) is 5.91. The van der Waals surface area contributed by atoms with Crippen LogP contribution in [0.25, 0.3) is 0 Å². The fourth-order valence-corrected chi connectivity index (χ4v) is 1.55. The highest BCUT2D eigenvalue weighted by molar-refractivity contribution is 5.82. The summed E-state index contributed by atoms with van der Waals surface area (Å²) in [6.07, 6.45) is 0. The Hall–Kier alpha value is -1.62. The lowest BCUT2D eigenvalue weighted by molar-refractivity contribution is -0.133. The van der Waals surface area contributed by atoms with Gasteiger partial charge in [-0.25, -0.2) is 4.39 Å². The van der Waals surface area contributed by atoms with Gasteiger partial charge < -0.3 is 15.4 Å². The SMILES string of the molecule is CN(CCOc1ccc(F)cc1)C(=O)[C@H](N)C(C)(C)C. The minimum atomic E-state index is -0.543. The number of halogens is 1. The molecule has 0 heterocycles. The van der Waals surface area contributed by atoms with Crippen molar-refractivity contribution >= 4 is 5.91 Å². The Morgan fingerprint density at radius 3 is 2.40 bits per heavy atom. The molecule has 1 rings (SSSR count). The van der Waals surface area contributed by atoms with Crippen LogP contribution in [0.2, 0.25) is 0 Å². The number of carbonyl (C=O) groups excluding carboxylic acids is 1. The Kier molecular flexibility index (Phi) is 5.51. The Labute approximate surface area is 119 Å². The first-order valence-corrected chi connectivity index (χ1v) is 6.61. The van der Waals surface area contributed by atoms with Crippen LogP contribution in [0.3, 0.4) is 0 Å². The van der Waals surface area contributed by atoms with Crippen LogP contribution in [0.4, 0.5) is 4.39 Å². The molecule has 1 aromatic rings. The quantitative estimate of drug-likeness (QED) is 0.899. The van der Waals surface area contributed by atoms with Gasteiger partial charge in [-0.1, -0.05) is 20.8 Å². The Morgan fingerprint density at radius 2 is 1.90 bits per heavy atom. The molecule has 112 valence electrons. The molecule has 0 aliphatic rings. The molecule has 0 spiro atoms. The minimum Gasteiger partial charge on any atom is -0.492 e. The van der Waals surface area contributed by atoms with Gasteiger partial charge in [0, 0.05) is 7.05 Å². The molecule has 5 heteroatoms. The molecule has 4 nitrogen and oxygen atoms in total. The van der Waals surface area contributed by atoms with Crippen molar-refractivity contribution < 1.29 is 13.9 Å². The van der Waals surface area contributed by atoms with Gasteiger partial charge in [0.1, 0.15) is 18.2 Å². The smallest absolute Gasteiger partial charge is 0.239 e. The normalized spacial score (nSPS) is 12.9. The van der Waals surface area contributed by atoms with Crippen molar-refractivity contribution in [3.63, 3.8) is 0 Å². The molecule has 0 radical (unpaired) electrons. The van der Waals surface area contributed by atoms with Crippen molar-refractivity contribution in [3.05, 3.63) is 30.1 Å². The minimum absolute atomic E-state index is 0.111. The van der Waals surface area contributed by atoms with Crippen LogP contribution < -0.4 is 10.5 Å². The van der Waals surface area contributed by atoms with E-state index in [2.05, 4.69) is 0 Å². The maximum atomic E-state index is 12.7. The predicted molar refractivity (Wildman–Crippen MR) is 77.0 cm³/mol. The number of hydrogen-bond acceptors (Lipinski definition) is 3. The lowest BCUT2D eigenvalue weighted by Crippen LogP contribution is -2.49. The maximum Gasteiger partial charge on any atom is 0.239 e. The molecule has 0 unspecified atom stereocenters. The summed E-state index contributed by atoms with van der Waals surface area (Å²) in [5.74, 6) is 0.161. The zero-order chi connectivity index (χ0) is 15.3. The average molecular weight is 282 g/mol. The largest absolute Gasteiger partial charge is 0.492 e. The van der Waals surface area contributed by atoms with E-state index < -0.39 is 6.04 Å². The molecular weight excluding hydrogens is 259 g/mol. The number of nitrogens with zero attached hydrogens (tertiary/aromatic N) is 1. The number of nitrogens with two attached hydrogens (primary N) is 1. The second-order valence-corrected chi connectivity index (χ2v) is 5.91. The number of amides is 1. The van der Waals surface area contributed by atoms with Gasteiger partial charge >= 0.3 is 0 Å². The number of benzene rings is 1. The molecule has 20 heavy (non-hydrogen) atoms. The van der Waals surface area contributed by atoms with Crippen LogP contribution in [0.15, 0.2) is 24.3 Å². The standard InChI is InChI=1S/C15H23FN2O2/c1-15(2,3)13(17)14(19)18(4)9-10-20-12-7-5-11(16)6-8-12/h5-8,13H,9-10,17H2,1-4H3/t13-/m0/s1. The lowest BCUT2D eigenvalue weighted by atomic mass is 9.86. The van der Waals surface area contributed by atoms with Gasteiger partial charge in [-0.05, 0) is 29.7 Å². The number of likely N-dealkylation sites (N-methyl/N-ethyl adjacent to an activating group) is 1. The third-order valence-corrected chi connectivity index (χ3v) is 3.08. The number of carbonyl (C=O) groups is 1. The van der Waals surface area contributed by atoms with E-state index in [0.717, 1.165) is 0 Å². The average Bonchev–Trinajstić information content (AvgIpc) is 2.38. The van der Waals surface area contributed by atoms with E-state index in [1.165, 1.54) is 12.1 Å². The molecule has 0 saturated carbocycles. The van der Waals surface area contributed by atoms with Gasteiger partial charge in [0.25, 0.3) is 0 Å². The van der Waals surface area contributed by atoms with Crippen molar-refractivity contribution in [2.75, 3.05) is 20.2 Å². The van der Waals surface area contributed by atoms with Gasteiger partial charge in [-0.15, -0.1) is 0 Å². The van der Waals surface area contributed by atoms with E-state index >= 15 is 0 Å². The zero-order valence-corrected chi connectivity index (χ0v) is 12.5. The van der Waals surface area contributed by atoms with Crippen LogP contribution in [0.5, 0.6) is 5.75 Å². The van der Waals surface area contributed by atoms with Crippen molar-refractivity contribution in [2.24, 2.45) is 11.1 Å². The van der Waals surface area contributed by atoms with Crippen molar-refractivity contribution in [2.45, 2.75) is 26.8 Å². The Morgan fingerprint density at radius 1 is 1.35 bits per heavy atom. The molecule has 0 bridgehead atoms. The van der Waals surface area contributed by atoms with Gasteiger partial charge in [0.2, 0.25) is 5.91 Å². The second kappa shape index (κ2) is 6.70. The molecule has 0 aromatic heterocycles. The molecule has 0 saturated heterocycles. The lowest BCUT2D eigenvalue weighted by Gasteiger charge is -2.29. The fourth-order valence-electron chi connectivity index (χ4n) is 1.55. The van der Waals surface area contributed by atoms with Gasteiger partial charge in [0.15, 0.2) is 0 Å². The van der Waals surface area contributed by atoms with Crippen LogP contribution in [-0.4, -0.2) is 37.0 Å². The van der Waals surface area contributed by atoms with Crippen molar-refractivity contribution in [3.8, 4) is 5.75 Å². The summed E-state index contributed by atoms with van der Waals surface area (Å²) in [4.78, 5) is 13.6. The summed E-state index contributed by atoms with van der Waals surface area (Å²) in [5, 5.41) is 0. The van der Waals surface area contributed by atoms with Gasteiger partial charge in [-0.2, -0.15) is 0 Å². The van der Waals surface area contributed by atoms with E-state index in [4.69, 9.17) is 10.5 Å². The van der Waals surface area contributed by atoms with E-state index in [1.807, 2.05) is 20.8 Å². The number of ether oxygens (including phenoxy) is 1. The zero-order valence-electron chi connectivity index (χ0n) is 12.5. The predicted octanol–water partition coefficient (Wildman–Crippen LogP) is 2.04. The fraction of sp³-hybridized carbons (Fsp3) is 0.533. The van der Waals surface area contributed by atoms with E-state index in [-0.39, 0.29) is 17.1 Å². The summed E-state index contributed by atoms with van der Waals surface area (Å²) in [6.45, 7) is 6.56. The molecule has 0 fully saturated rings. The number of hydrogen-bond donors (Lipinski definition) is 1. The van der Waals surface area contributed by atoms with Gasteiger partial charge in [0.05, 0.1) is 12.6 Å². The van der Waals surface area contributed by atoms with Crippen LogP contribution in [0, 0.1) is 11.2 Å². The molecule has 0 aliphatic carbocycles. The first-order valence-electron chi connectivity index (χ1n) is 6.61. The third kappa shape index (κ3) is 4.81. The monoisotopic (exact) mass is 282 g/mol. The molecule has 1 amide bonds. The highest BCUT2D eigenvalue weighted by atomic mass is 19.1. The molecule has 0 aliphatic heterocycles. The topological polar surface area (TPSA) is 55.6 Å². The molecular formula is C15H23FN2O2. The summed E-state index contributed by atoms with van der Waals surface area (Å²) in [5.41, 5.74) is 5.65. The molecule has 1 atom stereocenters. The Balaban J connectivity index is 2.41. The van der Waals surface area contributed by atoms with Crippen molar-refractivity contribution in [1.82, 2.24) is 4.90 Å². The molecule has 1 aromatic carbocycles. The van der Waals surface area contributed by atoms with Crippen LogP contribution in [-0.2, 0) is 4.79 Å². The molecule has 2 N–H and O–H groups in total. The first kappa shape index (κ1) is 16.4. The first-order chi connectivity index (χ1) is 9.21. The summed E-state index contributed by atoms with van der Waals surface area (Å²) < 4.78 is 18.2. The van der Waals surface area contributed by atoms with E-state index in [0.29, 0.717) is 18.9 Å². The number of rotatable bonds is 5. The Bertz CT molecular complexity index is 440. The summed E-state index contributed by atoms with van der Waals surface area (Å²) in [6, 6.07) is 5.23.